The van der Waals surface area contributed by atoms with Crippen LogP contribution < -0.4 is 5.32 Å². The molecule has 104 valence electrons. The highest BCUT2D eigenvalue weighted by molar-refractivity contribution is 6.31. The third-order valence-electron chi connectivity index (χ3n) is 4.16. The minimum atomic E-state index is 0.109. The molecule has 1 aliphatic rings. The molecule has 0 radical (unpaired) electrons. The van der Waals surface area contributed by atoms with Crippen molar-refractivity contribution in [2.24, 2.45) is 0 Å². The van der Waals surface area contributed by atoms with Crippen LogP contribution in [0.2, 0.25) is 5.02 Å². The highest BCUT2D eigenvalue weighted by Gasteiger charge is 2.30. The van der Waals surface area contributed by atoms with Gasteiger partial charge in [0.1, 0.15) is 0 Å². The van der Waals surface area contributed by atoms with E-state index in [0.717, 1.165) is 37.1 Å². The Morgan fingerprint density at radius 3 is 2.53 bits per heavy atom. The van der Waals surface area contributed by atoms with Crippen LogP contribution in [0.1, 0.15) is 35.7 Å². The maximum Gasteiger partial charge on any atom is 0.253 e. The van der Waals surface area contributed by atoms with Crippen molar-refractivity contribution >= 4 is 17.5 Å². The summed E-state index contributed by atoms with van der Waals surface area (Å²) in [6, 6.07) is 5.48. The second kappa shape index (κ2) is 5.51. The lowest BCUT2D eigenvalue weighted by Gasteiger charge is -2.39. The zero-order valence-corrected chi connectivity index (χ0v) is 12.5. The van der Waals surface area contributed by atoms with Gasteiger partial charge in [-0.1, -0.05) is 11.6 Å². The van der Waals surface area contributed by atoms with Crippen molar-refractivity contribution in [3.63, 3.8) is 0 Å². The fourth-order valence-corrected chi connectivity index (χ4v) is 2.53. The molecule has 1 aromatic rings. The lowest BCUT2D eigenvalue weighted by Crippen LogP contribution is -2.51. The summed E-state index contributed by atoms with van der Waals surface area (Å²) in [6.45, 7) is 5.74. The number of amides is 1. The third kappa shape index (κ3) is 3.10. The molecule has 1 N–H and O–H groups in total. The largest absolute Gasteiger partial charge is 0.339 e. The fourth-order valence-electron chi connectivity index (χ4n) is 2.41. The van der Waals surface area contributed by atoms with E-state index in [4.69, 9.17) is 11.6 Å². The number of hydrogen-bond donors (Lipinski definition) is 1. The molecule has 1 aliphatic heterocycles. The molecule has 0 aliphatic carbocycles. The van der Waals surface area contributed by atoms with E-state index in [1.54, 1.807) is 6.07 Å². The van der Waals surface area contributed by atoms with Gasteiger partial charge in [-0.2, -0.15) is 0 Å². The lowest BCUT2D eigenvalue weighted by molar-refractivity contribution is 0.0661. The summed E-state index contributed by atoms with van der Waals surface area (Å²) < 4.78 is 0. The van der Waals surface area contributed by atoms with Crippen molar-refractivity contribution in [1.29, 1.82) is 0 Å². The number of benzene rings is 1. The summed E-state index contributed by atoms with van der Waals surface area (Å²) >= 11 is 5.99. The molecule has 1 heterocycles. The van der Waals surface area contributed by atoms with Crippen LogP contribution >= 0.6 is 11.6 Å². The van der Waals surface area contributed by atoms with Crippen LogP contribution in [-0.2, 0) is 0 Å². The summed E-state index contributed by atoms with van der Waals surface area (Å²) in [5.41, 5.74) is 1.84. The minimum Gasteiger partial charge on any atom is -0.339 e. The number of carbonyl (C=O) groups excluding carboxylic acids is 1. The van der Waals surface area contributed by atoms with Gasteiger partial charge in [0.2, 0.25) is 0 Å². The molecule has 0 bridgehead atoms. The Kier molecular flexibility index (Phi) is 4.16. The quantitative estimate of drug-likeness (QED) is 0.903. The lowest BCUT2D eigenvalue weighted by atomic mass is 9.89. The van der Waals surface area contributed by atoms with E-state index < -0.39 is 0 Å². The summed E-state index contributed by atoms with van der Waals surface area (Å²) in [5.74, 6) is 0.109. The van der Waals surface area contributed by atoms with Crippen LogP contribution in [0, 0.1) is 6.92 Å². The van der Waals surface area contributed by atoms with Crippen LogP contribution in [0.15, 0.2) is 18.2 Å². The van der Waals surface area contributed by atoms with Gasteiger partial charge >= 0.3 is 0 Å². The van der Waals surface area contributed by atoms with Crippen molar-refractivity contribution in [2.75, 3.05) is 20.1 Å². The zero-order chi connectivity index (χ0) is 14.0. The molecule has 0 saturated carbocycles. The number of aryl methyl sites for hydroxylation is 1. The fraction of sp³-hybridized carbons (Fsp3) is 0.533. The van der Waals surface area contributed by atoms with Gasteiger partial charge in [-0.15, -0.1) is 0 Å². The normalized spacial score (nSPS) is 18.4. The first-order valence-electron chi connectivity index (χ1n) is 6.69. The van der Waals surface area contributed by atoms with Crippen LogP contribution in [-0.4, -0.2) is 36.5 Å². The van der Waals surface area contributed by atoms with Crippen LogP contribution in [0.5, 0.6) is 0 Å². The molecule has 0 unspecified atom stereocenters. The summed E-state index contributed by atoms with van der Waals surface area (Å²) in [7, 11) is 1.99. The first kappa shape index (κ1) is 14.4. The Labute approximate surface area is 119 Å². The van der Waals surface area contributed by atoms with E-state index in [1.807, 2.05) is 31.0 Å². The van der Waals surface area contributed by atoms with Gasteiger partial charge in [0.05, 0.1) is 0 Å². The molecule has 1 aromatic carbocycles. The first-order valence-corrected chi connectivity index (χ1v) is 7.07. The molecular weight excluding hydrogens is 260 g/mol. The van der Waals surface area contributed by atoms with Gasteiger partial charge in [-0.25, -0.2) is 0 Å². The Bertz CT molecular complexity index is 479. The molecule has 2 rings (SSSR count). The summed E-state index contributed by atoms with van der Waals surface area (Å²) in [6.07, 6.45) is 1.98. The van der Waals surface area contributed by atoms with E-state index in [1.165, 1.54) is 0 Å². The smallest absolute Gasteiger partial charge is 0.253 e. The van der Waals surface area contributed by atoms with E-state index in [2.05, 4.69) is 12.2 Å². The van der Waals surface area contributed by atoms with Gasteiger partial charge in [-0.3, -0.25) is 4.79 Å². The molecule has 4 heteroatoms. The molecule has 1 fully saturated rings. The Morgan fingerprint density at radius 2 is 2.00 bits per heavy atom. The topological polar surface area (TPSA) is 32.3 Å². The van der Waals surface area contributed by atoms with Crippen molar-refractivity contribution in [2.45, 2.75) is 32.2 Å². The van der Waals surface area contributed by atoms with Crippen LogP contribution in [0.3, 0.4) is 0 Å². The van der Waals surface area contributed by atoms with Gasteiger partial charge in [0.15, 0.2) is 0 Å². The predicted octanol–water partition coefficient (Wildman–Crippen LogP) is 2.86. The van der Waals surface area contributed by atoms with E-state index in [9.17, 15) is 4.79 Å². The average Bonchev–Trinajstić information content (AvgIpc) is 2.42. The monoisotopic (exact) mass is 280 g/mol. The Hall–Kier alpha value is -1.06. The number of likely N-dealkylation sites (tertiary alicyclic amines) is 1. The highest BCUT2D eigenvalue weighted by atomic mass is 35.5. The van der Waals surface area contributed by atoms with Crippen LogP contribution in [0.4, 0.5) is 0 Å². The number of nitrogens with zero attached hydrogens (tertiary/aromatic N) is 1. The maximum absolute atomic E-state index is 12.4. The third-order valence-corrected chi connectivity index (χ3v) is 4.59. The van der Waals surface area contributed by atoms with E-state index >= 15 is 0 Å². The average molecular weight is 281 g/mol. The van der Waals surface area contributed by atoms with Gasteiger partial charge in [0.25, 0.3) is 5.91 Å². The predicted molar refractivity (Wildman–Crippen MR) is 78.8 cm³/mol. The summed E-state index contributed by atoms with van der Waals surface area (Å²) in [4.78, 5) is 14.4. The van der Waals surface area contributed by atoms with Crippen molar-refractivity contribution in [3.8, 4) is 0 Å². The zero-order valence-electron chi connectivity index (χ0n) is 11.8. The number of hydrogen-bond acceptors (Lipinski definition) is 2. The van der Waals surface area contributed by atoms with E-state index in [0.29, 0.717) is 5.02 Å². The molecule has 0 spiro atoms. The van der Waals surface area contributed by atoms with Crippen molar-refractivity contribution in [3.05, 3.63) is 34.3 Å². The van der Waals surface area contributed by atoms with Gasteiger partial charge in [-0.05, 0) is 57.5 Å². The maximum atomic E-state index is 12.4. The molecular formula is C15H21ClN2O. The number of piperidine rings is 1. The van der Waals surface area contributed by atoms with Crippen LogP contribution in [0.25, 0.3) is 0 Å². The van der Waals surface area contributed by atoms with Crippen molar-refractivity contribution < 1.29 is 4.79 Å². The second-order valence-electron chi connectivity index (χ2n) is 5.57. The molecule has 1 amide bonds. The molecule has 1 saturated heterocycles. The number of carbonyl (C=O) groups is 1. The van der Waals surface area contributed by atoms with E-state index in [-0.39, 0.29) is 11.4 Å². The number of halogens is 1. The molecule has 0 aromatic heterocycles. The molecule has 0 atom stereocenters. The number of nitrogens with one attached hydrogen (secondary N) is 1. The minimum absolute atomic E-state index is 0.109. The van der Waals surface area contributed by atoms with Gasteiger partial charge < -0.3 is 10.2 Å². The standard InChI is InChI=1S/C15H21ClN2O/c1-11-10-12(4-5-13(11)16)14(19)18-8-6-15(2,17-3)7-9-18/h4-5,10,17H,6-9H2,1-3H3. The Balaban J connectivity index is 2.07. The summed E-state index contributed by atoms with van der Waals surface area (Å²) in [5, 5.41) is 4.05. The Morgan fingerprint density at radius 1 is 1.37 bits per heavy atom. The number of rotatable bonds is 2. The SMILES string of the molecule is CNC1(C)CCN(C(=O)c2ccc(Cl)c(C)c2)CC1. The molecule has 19 heavy (non-hydrogen) atoms. The highest BCUT2D eigenvalue weighted by Crippen LogP contribution is 2.23. The molecule has 3 nitrogen and oxygen atoms in total. The van der Waals surface area contributed by atoms with Gasteiger partial charge in [0, 0.05) is 29.2 Å². The first-order chi connectivity index (χ1) is 8.95. The second-order valence-corrected chi connectivity index (χ2v) is 5.97. The van der Waals surface area contributed by atoms with Crippen molar-refractivity contribution in [1.82, 2.24) is 10.2 Å².